The lowest BCUT2D eigenvalue weighted by Crippen LogP contribution is -2.46. The van der Waals surface area contributed by atoms with Crippen LogP contribution in [0.3, 0.4) is 0 Å². The Labute approximate surface area is 104 Å². The Morgan fingerprint density at radius 2 is 2.44 bits per heavy atom. The topological polar surface area (TPSA) is 98.3 Å². The van der Waals surface area contributed by atoms with E-state index >= 15 is 0 Å². The van der Waals surface area contributed by atoms with Gasteiger partial charge in [0.25, 0.3) is 0 Å². The van der Waals surface area contributed by atoms with Crippen LogP contribution in [0.4, 0.5) is 4.79 Å². The molecule has 0 radical (unpaired) electrons. The number of carbonyl (C=O) groups is 2. The molecule has 1 aromatic heterocycles. The first-order valence-electron chi connectivity index (χ1n) is 5.90. The minimum atomic E-state index is -0.835. The maximum Gasteiger partial charge on any atom is 0.317 e. The number of urea groups is 1. The summed E-state index contributed by atoms with van der Waals surface area (Å²) in [5, 5.41) is 11.7. The van der Waals surface area contributed by atoms with E-state index in [1.807, 2.05) is 0 Å². The van der Waals surface area contributed by atoms with Crippen molar-refractivity contribution in [2.75, 3.05) is 13.1 Å². The van der Waals surface area contributed by atoms with Crippen LogP contribution >= 0.6 is 0 Å². The number of amides is 2. The quantitative estimate of drug-likeness (QED) is 0.725. The predicted octanol–water partition coefficient (Wildman–Crippen LogP) is 0.416. The van der Waals surface area contributed by atoms with Gasteiger partial charge in [0.15, 0.2) is 0 Å². The monoisotopic (exact) mass is 252 g/mol. The fourth-order valence-corrected chi connectivity index (χ4v) is 2.03. The van der Waals surface area contributed by atoms with E-state index in [9.17, 15) is 9.59 Å². The van der Waals surface area contributed by atoms with Crippen molar-refractivity contribution < 1.29 is 14.7 Å². The molecular weight excluding hydrogens is 236 g/mol. The number of carboxylic acid groups (broad SMARTS) is 1. The number of hydrogen-bond acceptors (Lipinski definition) is 3. The zero-order chi connectivity index (χ0) is 13.0. The van der Waals surface area contributed by atoms with Crippen LogP contribution in [0.5, 0.6) is 0 Å². The lowest BCUT2D eigenvalue weighted by Gasteiger charge is -2.30. The molecule has 0 aliphatic carbocycles. The van der Waals surface area contributed by atoms with E-state index in [1.165, 1.54) is 0 Å². The van der Waals surface area contributed by atoms with Gasteiger partial charge < -0.3 is 20.3 Å². The summed E-state index contributed by atoms with van der Waals surface area (Å²) in [6.07, 6.45) is 4.66. The highest BCUT2D eigenvalue weighted by Gasteiger charge is 2.27. The average molecular weight is 252 g/mol. The molecule has 2 rings (SSSR count). The molecular formula is C11H16N4O3. The molecule has 0 saturated carbocycles. The van der Waals surface area contributed by atoms with Crippen molar-refractivity contribution in [2.45, 2.75) is 19.4 Å². The Morgan fingerprint density at radius 3 is 3.11 bits per heavy atom. The third kappa shape index (κ3) is 2.99. The summed E-state index contributed by atoms with van der Waals surface area (Å²) in [5.41, 5.74) is 0. The van der Waals surface area contributed by atoms with E-state index in [1.54, 1.807) is 17.3 Å². The van der Waals surface area contributed by atoms with Gasteiger partial charge in [0.05, 0.1) is 12.5 Å². The van der Waals surface area contributed by atoms with Crippen molar-refractivity contribution in [3.63, 3.8) is 0 Å². The van der Waals surface area contributed by atoms with Crippen LogP contribution in [0.2, 0.25) is 0 Å². The number of piperidine rings is 1. The highest BCUT2D eigenvalue weighted by molar-refractivity contribution is 5.76. The molecule has 2 heterocycles. The zero-order valence-electron chi connectivity index (χ0n) is 9.93. The van der Waals surface area contributed by atoms with Crippen LogP contribution < -0.4 is 5.32 Å². The van der Waals surface area contributed by atoms with E-state index in [-0.39, 0.29) is 12.6 Å². The SMILES string of the molecule is O=C(O)C1CCCN(C(=O)NCc2ncc[nH]2)C1. The summed E-state index contributed by atoms with van der Waals surface area (Å²) in [7, 11) is 0. The molecule has 0 spiro atoms. The third-order valence-corrected chi connectivity index (χ3v) is 3.02. The lowest BCUT2D eigenvalue weighted by molar-refractivity contribution is -0.143. The third-order valence-electron chi connectivity index (χ3n) is 3.02. The van der Waals surface area contributed by atoms with E-state index in [0.717, 1.165) is 6.42 Å². The molecule has 1 fully saturated rings. The maximum absolute atomic E-state index is 11.8. The molecule has 2 amide bonds. The van der Waals surface area contributed by atoms with Gasteiger partial charge in [0.1, 0.15) is 5.82 Å². The standard InChI is InChI=1S/C11H16N4O3/c16-10(17)8-2-1-5-15(7-8)11(18)14-6-9-12-3-4-13-9/h3-4,8H,1-2,5-7H2,(H,12,13)(H,14,18)(H,16,17). The van der Waals surface area contributed by atoms with Gasteiger partial charge in [0, 0.05) is 25.5 Å². The Kier molecular flexibility index (Phi) is 3.81. The van der Waals surface area contributed by atoms with Gasteiger partial charge in [0.2, 0.25) is 0 Å². The number of rotatable bonds is 3. The van der Waals surface area contributed by atoms with Gasteiger partial charge in [-0.25, -0.2) is 9.78 Å². The van der Waals surface area contributed by atoms with Gasteiger partial charge in [-0.1, -0.05) is 0 Å². The number of imidazole rings is 1. The Hall–Kier alpha value is -2.05. The number of aromatic amines is 1. The van der Waals surface area contributed by atoms with Gasteiger partial charge in [-0.15, -0.1) is 0 Å². The smallest absolute Gasteiger partial charge is 0.317 e. The second kappa shape index (κ2) is 5.52. The largest absolute Gasteiger partial charge is 0.481 e. The molecule has 0 aromatic carbocycles. The van der Waals surface area contributed by atoms with Crippen LogP contribution in [0, 0.1) is 5.92 Å². The fraction of sp³-hybridized carbons (Fsp3) is 0.545. The van der Waals surface area contributed by atoms with E-state index in [2.05, 4.69) is 15.3 Å². The zero-order valence-corrected chi connectivity index (χ0v) is 9.93. The first-order chi connectivity index (χ1) is 8.66. The molecule has 18 heavy (non-hydrogen) atoms. The fourth-order valence-electron chi connectivity index (χ4n) is 2.03. The number of carbonyl (C=O) groups excluding carboxylic acids is 1. The highest BCUT2D eigenvalue weighted by Crippen LogP contribution is 2.16. The number of aliphatic carboxylic acids is 1. The number of nitrogens with one attached hydrogen (secondary N) is 2. The Morgan fingerprint density at radius 1 is 1.61 bits per heavy atom. The number of carboxylic acids is 1. The van der Waals surface area contributed by atoms with Crippen molar-refractivity contribution in [1.82, 2.24) is 20.2 Å². The molecule has 0 bridgehead atoms. The van der Waals surface area contributed by atoms with Crippen LogP contribution in [-0.4, -0.2) is 45.1 Å². The molecule has 7 nitrogen and oxygen atoms in total. The number of H-pyrrole nitrogens is 1. The average Bonchev–Trinajstić information content (AvgIpc) is 2.89. The molecule has 7 heteroatoms. The Bertz CT molecular complexity index is 418. The minimum absolute atomic E-state index is 0.239. The second-order valence-electron chi connectivity index (χ2n) is 4.32. The first-order valence-corrected chi connectivity index (χ1v) is 5.90. The molecule has 1 aliphatic rings. The summed E-state index contributed by atoms with van der Waals surface area (Å²) in [5.74, 6) is -0.609. The maximum atomic E-state index is 11.8. The molecule has 1 unspecified atom stereocenters. The summed E-state index contributed by atoms with van der Waals surface area (Å²) in [6, 6.07) is -0.239. The van der Waals surface area contributed by atoms with Crippen molar-refractivity contribution in [1.29, 1.82) is 0 Å². The summed E-state index contributed by atoms with van der Waals surface area (Å²) in [6.45, 7) is 1.20. The van der Waals surface area contributed by atoms with E-state index in [0.29, 0.717) is 25.3 Å². The van der Waals surface area contributed by atoms with E-state index in [4.69, 9.17) is 5.11 Å². The van der Waals surface area contributed by atoms with E-state index < -0.39 is 11.9 Å². The second-order valence-corrected chi connectivity index (χ2v) is 4.32. The van der Waals surface area contributed by atoms with Crippen molar-refractivity contribution >= 4 is 12.0 Å². The van der Waals surface area contributed by atoms with Gasteiger partial charge in [-0.3, -0.25) is 4.79 Å². The molecule has 1 aromatic rings. The summed E-state index contributed by atoms with van der Waals surface area (Å²) < 4.78 is 0. The molecule has 98 valence electrons. The number of aromatic nitrogens is 2. The lowest BCUT2D eigenvalue weighted by atomic mass is 9.99. The van der Waals surface area contributed by atoms with Gasteiger partial charge in [-0.2, -0.15) is 0 Å². The number of hydrogen-bond donors (Lipinski definition) is 3. The number of nitrogens with zero attached hydrogens (tertiary/aromatic N) is 2. The van der Waals surface area contributed by atoms with Gasteiger partial charge >= 0.3 is 12.0 Å². The van der Waals surface area contributed by atoms with Crippen LogP contribution in [0.25, 0.3) is 0 Å². The first kappa shape index (κ1) is 12.4. The number of likely N-dealkylation sites (tertiary alicyclic amines) is 1. The summed E-state index contributed by atoms with van der Waals surface area (Å²) >= 11 is 0. The normalized spacial score (nSPS) is 19.6. The van der Waals surface area contributed by atoms with Crippen molar-refractivity contribution in [2.24, 2.45) is 5.92 Å². The molecule has 1 aliphatic heterocycles. The molecule has 3 N–H and O–H groups in total. The Balaban J connectivity index is 1.83. The highest BCUT2D eigenvalue weighted by atomic mass is 16.4. The predicted molar refractivity (Wildman–Crippen MR) is 62.8 cm³/mol. The van der Waals surface area contributed by atoms with Crippen molar-refractivity contribution in [3.05, 3.63) is 18.2 Å². The van der Waals surface area contributed by atoms with Crippen LogP contribution in [0.15, 0.2) is 12.4 Å². The van der Waals surface area contributed by atoms with Gasteiger partial charge in [-0.05, 0) is 12.8 Å². The van der Waals surface area contributed by atoms with Crippen molar-refractivity contribution in [3.8, 4) is 0 Å². The minimum Gasteiger partial charge on any atom is -0.481 e. The molecule has 1 saturated heterocycles. The van der Waals surface area contributed by atoms with Crippen LogP contribution in [0.1, 0.15) is 18.7 Å². The molecule has 1 atom stereocenters. The van der Waals surface area contributed by atoms with Crippen LogP contribution in [-0.2, 0) is 11.3 Å². The summed E-state index contributed by atoms with van der Waals surface area (Å²) in [4.78, 5) is 31.2.